The Bertz CT molecular complexity index is 610. The van der Waals surface area contributed by atoms with Crippen LogP contribution >= 0.6 is 0 Å². The van der Waals surface area contributed by atoms with Gasteiger partial charge < -0.3 is 15.5 Å². The molecule has 1 aromatic heterocycles. The fourth-order valence-corrected chi connectivity index (χ4v) is 2.17. The van der Waals surface area contributed by atoms with Crippen LogP contribution in [-0.4, -0.2) is 10.5 Å². The summed E-state index contributed by atoms with van der Waals surface area (Å²) in [6.45, 7) is 6.39. The van der Waals surface area contributed by atoms with Gasteiger partial charge in [0.1, 0.15) is 0 Å². The van der Waals surface area contributed by atoms with Crippen molar-refractivity contribution in [2.24, 2.45) is 0 Å². The lowest BCUT2D eigenvalue weighted by molar-refractivity contribution is 0.511. The molecule has 0 saturated heterocycles. The fraction of sp³-hybridized carbons (Fsp3) is 0.462. The summed E-state index contributed by atoms with van der Waals surface area (Å²) in [7, 11) is 0. The van der Waals surface area contributed by atoms with Gasteiger partial charge in [-0.1, -0.05) is 13.3 Å². The summed E-state index contributed by atoms with van der Waals surface area (Å²) in [5.41, 5.74) is 8.45. The standard InChI is InChI=1S/C13H19N3O2/c1-4-5-13(2,3)16-9-7-10-11(6-8(9)14)18-12(17)15-10/h6-7,16H,4-5,14H2,1-3H3,(H,15,17). The summed E-state index contributed by atoms with van der Waals surface area (Å²) in [6.07, 6.45) is 2.12. The molecule has 18 heavy (non-hydrogen) atoms. The Labute approximate surface area is 105 Å². The van der Waals surface area contributed by atoms with Crippen molar-refractivity contribution in [2.75, 3.05) is 11.1 Å². The minimum absolute atomic E-state index is 0.0411. The van der Waals surface area contributed by atoms with Crippen LogP contribution in [0.25, 0.3) is 11.1 Å². The first-order chi connectivity index (χ1) is 8.41. The molecule has 5 heteroatoms. The number of benzene rings is 1. The number of H-pyrrole nitrogens is 1. The SMILES string of the molecule is CCCC(C)(C)Nc1cc2[nH]c(=O)oc2cc1N. The number of nitrogens with one attached hydrogen (secondary N) is 2. The lowest BCUT2D eigenvalue weighted by atomic mass is 9.98. The van der Waals surface area contributed by atoms with Crippen LogP contribution in [0, 0.1) is 0 Å². The Kier molecular flexibility index (Phi) is 3.07. The molecular weight excluding hydrogens is 230 g/mol. The van der Waals surface area contributed by atoms with E-state index in [1.807, 2.05) is 6.07 Å². The van der Waals surface area contributed by atoms with Crippen molar-refractivity contribution in [2.45, 2.75) is 39.2 Å². The third-order valence-electron chi connectivity index (χ3n) is 2.94. The quantitative estimate of drug-likeness (QED) is 0.727. The van der Waals surface area contributed by atoms with Crippen LogP contribution in [0.15, 0.2) is 21.3 Å². The van der Waals surface area contributed by atoms with Gasteiger partial charge in [0.15, 0.2) is 5.58 Å². The number of hydrogen-bond donors (Lipinski definition) is 3. The maximum atomic E-state index is 11.1. The van der Waals surface area contributed by atoms with Gasteiger partial charge in [-0.05, 0) is 26.3 Å². The van der Waals surface area contributed by atoms with Gasteiger partial charge >= 0.3 is 5.76 Å². The normalized spacial score (nSPS) is 11.9. The molecule has 0 aliphatic carbocycles. The van der Waals surface area contributed by atoms with Crippen LogP contribution in [0.1, 0.15) is 33.6 Å². The Morgan fingerprint density at radius 2 is 2.17 bits per heavy atom. The highest BCUT2D eigenvalue weighted by atomic mass is 16.4. The van der Waals surface area contributed by atoms with Crippen molar-refractivity contribution in [1.29, 1.82) is 0 Å². The highest BCUT2D eigenvalue weighted by Gasteiger charge is 2.18. The van der Waals surface area contributed by atoms with E-state index >= 15 is 0 Å². The lowest BCUT2D eigenvalue weighted by Gasteiger charge is -2.27. The zero-order chi connectivity index (χ0) is 13.3. The van der Waals surface area contributed by atoms with E-state index in [0.29, 0.717) is 16.8 Å². The van der Waals surface area contributed by atoms with Crippen molar-refractivity contribution in [3.63, 3.8) is 0 Å². The highest BCUT2D eigenvalue weighted by molar-refractivity contribution is 5.85. The summed E-state index contributed by atoms with van der Waals surface area (Å²) in [5, 5.41) is 3.40. The predicted octanol–water partition coefficient (Wildman–Crippen LogP) is 2.69. The molecule has 0 radical (unpaired) electrons. The number of nitrogen functional groups attached to an aromatic ring is 1. The van der Waals surface area contributed by atoms with E-state index in [-0.39, 0.29) is 5.54 Å². The molecule has 0 aliphatic heterocycles. The molecule has 0 unspecified atom stereocenters. The third-order valence-corrected chi connectivity index (χ3v) is 2.94. The highest BCUT2D eigenvalue weighted by Crippen LogP contribution is 2.28. The molecule has 1 heterocycles. The van der Waals surface area contributed by atoms with E-state index in [0.717, 1.165) is 18.5 Å². The fourth-order valence-electron chi connectivity index (χ4n) is 2.17. The summed E-state index contributed by atoms with van der Waals surface area (Å²) in [5.74, 6) is -0.464. The number of aromatic nitrogens is 1. The second-order valence-corrected chi connectivity index (χ2v) is 5.21. The number of anilines is 2. The summed E-state index contributed by atoms with van der Waals surface area (Å²) >= 11 is 0. The van der Waals surface area contributed by atoms with Crippen molar-refractivity contribution < 1.29 is 4.42 Å². The van der Waals surface area contributed by atoms with E-state index in [4.69, 9.17) is 10.2 Å². The van der Waals surface area contributed by atoms with Crippen molar-refractivity contribution >= 4 is 22.5 Å². The first-order valence-electron chi connectivity index (χ1n) is 6.12. The second-order valence-electron chi connectivity index (χ2n) is 5.21. The van der Waals surface area contributed by atoms with Gasteiger partial charge in [0.05, 0.1) is 16.9 Å². The topological polar surface area (TPSA) is 84.0 Å². The van der Waals surface area contributed by atoms with Crippen molar-refractivity contribution in [3.8, 4) is 0 Å². The Hall–Kier alpha value is -1.91. The molecule has 0 aliphatic rings. The second kappa shape index (κ2) is 4.40. The maximum absolute atomic E-state index is 11.1. The molecule has 0 atom stereocenters. The van der Waals surface area contributed by atoms with Crippen LogP contribution in [0.4, 0.5) is 11.4 Å². The smallest absolute Gasteiger partial charge is 0.408 e. The van der Waals surface area contributed by atoms with Gasteiger partial charge in [-0.2, -0.15) is 0 Å². The van der Waals surface area contributed by atoms with E-state index in [1.165, 1.54) is 0 Å². The Balaban J connectivity index is 2.38. The maximum Gasteiger partial charge on any atom is 0.417 e. The number of aromatic amines is 1. The van der Waals surface area contributed by atoms with Gasteiger partial charge in [-0.15, -0.1) is 0 Å². The van der Waals surface area contributed by atoms with E-state index in [2.05, 4.69) is 31.1 Å². The Morgan fingerprint density at radius 3 is 2.83 bits per heavy atom. The summed E-state index contributed by atoms with van der Waals surface area (Å²) in [4.78, 5) is 13.7. The van der Waals surface area contributed by atoms with Crippen LogP contribution < -0.4 is 16.8 Å². The van der Waals surface area contributed by atoms with Gasteiger partial charge in [0.25, 0.3) is 0 Å². The molecule has 5 nitrogen and oxygen atoms in total. The van der Waals surface area contributed by atoms with Gasteiger partial charge in [-0.3, -0.25) is 4.98 Å². The van der Waals surface area contributed by atoms with Crippen molar-refractivity contribution in [1.82, 2.24) is 4.98 Å². The first kappa shape index (κ1) is 12.5. The average Bonchev–Trinajstić information content (AvgIpc) is 2.57. The molecule has 0 spiro atoms. The molecule has 2 rings (SSSR count). The molecule has 4 N–H and O–H groups in total. The average molecular weight is 249 g/mol. The minimum Gasteiger partial charge on any atom is -0.408 e. The van der Waals surface area contributed by atoms with Gasteiger partial charge in [-0.25, -0.2) is 4.79 Å². The molecular formula is C13H19N3O2. The molecule has 0 fully saturated rings. The minimum atomic E-state index is -0.464. The number of hydrogen-bond acceptors (Lipinski definition) is 4. The molecule has 98 valence electrons. The van der Waals surface area contributed by atoms with E-state index in [9.17, 15) is 4.79 Å². The van der Waals surface area contributed by atoms with Crippen LogP contribution in [0.3, 0.4) is 0 Å². The molecule has 0 bridgehead atoms. The predicted molar refractivity (Wildman–Crippen MR) is 73.9 cm³/mol. The molecule has 0 amide bonds. The first-order valence-corrected chi connectivity index (χ1v) is 6.12. The van der Waals surface area contributed by atoms with E-state index in [1.54, 1.807) is 6.07 Å². The van der Waals surface area contributed by atoms with Gasteiger partial charge in [0.2, 0.25) is 0 Å². The number of fused-ring (bicyclic) bond motifs is 1. The van der Waals surface area contributed by atoms with E-state index < -0.39 is 5.76 Å². The number of rotatable bonds is 4. The third kappa shape index (κ3) is 2.50. The largest absolute Gasteiger partial charge is 0.417 e. The molecule has 0 saturated carbocycles. The number of oxazole rings is 1. The van der Waals surface area contributed by atoms with Crippen LogP contribution in [-0.2, 0) is 0 Å². The molecule has 2 aromatic rings. The zero-order valence-electron chi connectivity index (χ0n) is 11.0. The monoisotopic (exact) mass is 249 g/mol. The van der Waals surface area contributed by atoms with Crippen LogP contribution in [0.2, 0.25) is 0 Å². The lowest BCUT2D eigenvalue weighted by Crippen LogP contribution is -2.30. The summed E-state index contributed by atoms with van der Waals surface area (Å²) in [6, 6.07) is 3.48. The zero-order valence-corrected chi connectivity index (χ0v) is 11.0. The Morgan fingerprint density at radius 1 is 1.44 bits per heavy atom. The molecule has 1 aromatic carbocycles. The van der Waals surface area contributed by atoms with Gasteiger partial charge in [0, 0.05) is 11.6 Å². The van der Waals surface area contributed by atoms with Crippen molar-refractivity contribution in [3.05, 3.63) is 22.7 Å². The van der Waals surface area contributed by atoms with Crippen LogP contribution in [0.5, 0.6) is 0 Å². The number of nitrogens with two attached hydrogens (primary N) is 1. The summed E-state index contributed by atoms with van der Waals surface area (Å²) < 4.78 is 4.96.